The number of nitrogens with zero attached hydrogens (tertiary/aromatic N) is 2. The van der Waals surface area contributed by atoms with Crippen molar-refractivity contribution in [3.63, 3.8) is 0 Å². The number of alkyl halides is 2. The number of anilines is 1. The number of pyridine rings is 1. The molecule has 232 valence electrons. The van der Waals surface area contributed by atoms with Crippen LogP contribution in [0.25, 0.3) is 0 Å². The maximum atomic E-state index is 13.6. The molecule has 0 aromatic carbocycles. The number of carbonyl (C=O) groups excluding carboxylic acids is 3. The molecule has 0 aliphatic carbocycles. The van der Waals surface area contributed by atoms with E-state index in [-0.39, 0.29) is 18.8 Å². The molecule has 1 aromatic heterocycles. The first kappa shape index (κ1) is 39.3. The molecule has 1 fully saturated rings. The van der Waals surface area contributed by atoms with Crippen molar-refractivity contribution in [2.24, 2.45) is 0 Å². The number of halogens is 3. The zero-order valence-electron chi connectivity index (χ0n) is 24.9. The minimum atomic E-state index is -2.96. The number of urea groups is 1. The fourth-order valence-electron chi connectivity index (χ4n) is 3.02. The summed E-state index contributed by atoms with van der Waals surface area (Å²) >= 11 is 0. The summed E-state index contributed by atoms with van der Waals surface area (Å²) in [5, 5.41) is 9.85. The summed E-state index contributed by atoms with van der Waals surface area (Å²) in [5.74, 6) is -3.76. The van der Waals surface area contributed by atoms with E-state index >= 15 is 0 Å². The minimum absolute atomic E-state index is 0.122. The molecule has 2 rings (SSSR count). The van der Waals surface area contributed by atoms with E-state index in [2.05, 4.69) is 53.3 Å². The van der Waals surface area contributed by atoms with Gasteiger partial charge in [0.2, 0.25) is 0 Å². The first-order chi connectivity index (χ1) is 19.5. The lowest BCUT2D eigenvalue weighted by atomic mass is 10.1. The molecular weight excluding hydrogens is 541 g/mol. The molecule has 1 aliphatic rings. The average Bonchev–Trinajstić information content (AvgIpc) is 2.95. The summed E-state index contributed by atoms with van der Waals surface area (Å²) in [6.45, 7) is 13.5. The predicted octanol–water partition coefficient (Wildman–Crippen LogP) is 4.36. The predicted molar refractivity (Wildman–Crippen MR) is 156 cm³/mol. The minimum Gasteiger partial charge on any atom is -0.382 e. The molecule has 0 radical (unpaired) electrons. The van der Waals surface area contributed by atoms with E-state index in [0.717, 1.165) is 11.0 Å². The second-order valence-electron chi connectivity index (χ2n) is 8.29. The van der Waals surface area contributed by atoms with Crippen molar-refractivity contribution in [2.45, 2.75) is 46.1 Å². The molecule has 4 N–H and O–H groups in total. The van der Waals surface area contributed by atoms with Crippen LogP contribution >= 0.6 is 0 Å². The van der Waals surface area contributed by atoms with Gasteiger partial charge in [0.25, 0.3) is 11.8 Å². The summed E-state index contributed by atoms with van der Waals surface area (Å²) < 4.78 is 45.2. The third-order valence-electron chi connectivity index (χ3n) is 4.63. The van der Waals surface area contributed by atoms with Gasteiger partial charge in [0, 0.05) is 26.9 Å². The summed E-state index contributed by atoms with van der Waals surface area (Å²) in [4.78, 5) is 38.3. The molecule has 1 unspecified atom stereocenters. The number of allylic oxidation sites excluding steroid dienone is 3. The lowest BCUT2D eigenvalue weighted by Gasteiger charge is -2.38. The number of rotatable bonds is 11. The third-order valence-corrected chi connectivity index (χ3v) is 4.63. The zero-order chi connectivity index (χ0) is 31.8. The highest BCUT2D eigenvalue weighted by Gasteiger charge is 2.42. The summed E-state index contributed by atoms with van der Waals surface area (Å²) in [6.07, 6.45) is 6.01. The molecule has 13 heteroatoms. The summed E-state index contributed by atoms with van der Waals surface area (Å²) in [7, 11) is 3.17. The van der Waals surface area contributed by atoms with Crippen LogP contribution in [0.15, 0.2) is 55.2 Å². The molecule has 1 aliphatic heterocycles. The number of methoxy groups -OCH3 is 1. The first-order valence-corrected chi connectivity index (χ1v) is 13.1. The number of hydrogen-bond donors (Lipinski definition) is 4. The smallest absolute Gasteiger partial charge is 0.318 e. The maximum Gasteiger partial charge on any atom is 0.318 e. The van der Waals surface area contributed by atoms with Crippen LogP contribution in [0.3, 0.4) is 0 Å². The van der Waals surface area contributed by atoms with E-state index < -0.39 is 42.8 Å². The van der Waals surface area contributed by atoms with E-state index in [1.165, 1.54) is 13.5 Å². The van der Waals surface area contributed by atoms with Gasteiger partial charge in [0.1, 0.15) is 17.8 Å². The number of aldehydes is 1. The molecule has 2 heterocycles. The lowest BCUT2D eigenvalue weighted by Crippen LogP contribution is -2.58. The highest BCUT2D eigenvalue weighted by molar-refractivity contribution is 5.94. The quantitative estimate of drug-likeness (QED) is 0.131. The Morgan fingerprint density at radius 2 is 1.90 bits per heavy atom. The molecule has 1 atom stereocenters. The standard InChI is InChI=1S/C13H18F2N4O2.C9H13FN2O2.C3H8.C3H6/c1-16-11-5-9(3-4-17-11)10(6-21-2)19-8-13(14,15)7-18-12(19)20;1-3-7(10)8(11-4-2)9(14)12-5-6-13;2*1-3-2/h3-5,10H,6-8H2,1-2H3,(H,16,17)(H,18,20);3,6,11H,1,4-5H2,2H3,(H,12,14);3H2,1-2H3;3H,1H2,2H3/b;8-7+;;. The Labute approximate surface area is 241 Å². The molecule has 0 spiro atoms. The molecular formula is C28H45F3N6O4. The maximum absolute atomic E-state index is 13.6. The van der Waals surface area contributed by atoms with Crippen molar-refractivity contribution < 1.29 is 32.3 Å². The Bertz CT molecular complexity index is 976. The van der Waals surface area contributed by atoms with Crippen LogP contribution in [0, 0.1) is 0 Å². The highest BCUT2D eigenvalue weighted by atomic mass is 19.3. The lowest BCUT2D eigenvalue weighted by molar-refractivity contribution is -0.119. The molecule has 0 saturated carbocycles. The van der Waals surface area contributed by atoms with Crippen LogP contribution in [-0.4, -0.2) is 81.0 Å². The number of nitrogens with one attached hydrogen (secondary N) is 4. The van der Waals surface area contributed by atoms with E-state index in [0.29, 0.717) is 24.2 Å². The van der Waals surface area contributed by atoms with Crippen LogP contribution in [-0.2, 0) is 14.3 Å². The van der Waals surface area contributed by atoms with Crippen molar-refractivity contribution in [3.8, 4) is 0 Å². The SMILES string of the molecule is C=C/C(F)=C(\NCC)C(=O)NCC=O.C=CC.CCC.CNc1cc(C(COC)N2CC(F)(F)CNC2=O)ccn1. The number of hydrogen-bond acceptors (Lipinski definition) is 7. The van der Waals surface area contributed by atoms with Crippen LogP contribution in [0.1, 0.15) is 45.7 Å². The van der Waals surface area contributed by atoms with Gasteiger partial charge in [-0.2, -0.15) is 0 Å². The second kappa shape index (κ2) is 22.9. The topological polar surface area (TPSA) is 125 Å². The van der Waals surface area contributed by atoms with Gasteiger partial charge < -0.3 is 35.7 Å². The van der Waals surface area contributed by atoms with E-state index in [4.69, 9.17) is 4.74 Å². The number of aromatic nitrogens is 1. The molecule has 0 bridgehead atoms. The van der Waals surface area contributed by atoms with E-state index in [1.54, 1.807) is 38.4 Å². The molecule has 3 amide bonds. The fraction of sp³-hybridized carbons (Fsp3) is 0.500. The number of ether oxygens (including phenoxy) is 1. The Balaban J connectivity index is 0. The van der Waals surface area contributed by atoms with Gasteiger partial charge in [-0.05, 0) is 37.6 Å². The average molecular weight is 587 g/mol. The Morgan fingerprint density at radius 3 is 2.39 bits per heavy atom. The fourth-order valence-corrected chi connectivity index (χ4v) is 3.02. The number of carbonyl (C=O) groups is 3. The van der Waals surface area contributed by atoms with Gasteiger partial charge in [0.05, 0.1) is 32.3 Å². The van der Waals surface area contributed by atoms with Crippen molar-refractivity contribution in [1.82, 2.24) is 25.8 Å². The number of amides is 3. The van der Waals surface area contributed by atoms with Gasteiger partial charge >= 0.3 is 6.03 Å². The summed E-state index contributed by atoms with van der Waals surface area (Å²) in [6, 6.07) is 2.27. The molecule has 41 heavy (non-hydrogen) atoms. The normalized spacial score (nSPS) is 14.4. The van der Waals surface area contributed by atoms with Gasteiger partial charge in [-0.25, -0.2) is 22.9 Å². The van der Waals surface area contributed by atoms with Gasteiger partial charge in [-0.15, -0.1) is 6.58 Å². The Hall–Kier alpha value is -3.87. The van der Waals surface area contributed by atoms with Crippen LogP contribution in [0.4, 0.5) is 23.8 Å². The highest BCUT2D eigenvalue weighted by Crippen LogP contribution is 2.28. The number of likely N-dealkylation sites (N-methyl/N-ethyl adjacent to an activating group) is 1. The van der Waals surface area contributed by atoms with Crippen molar-refractivity contribution in [2.75, 3.05) is 52.3 Å². The van der Waals surface area contributed by atoms with Gasteiger partial charge in [0.15, 0.2) is 5.83 Å². The largest absolute Gasteiger partial charge is 0.382 e. The summed E-state index contributed by atoms with van der Waals surface area (Å²) in [5.41, 5.74) is 0.480. The Kier molecular flexibility index (Phi) is 21.9. The first-order valence-electron chi connectivity index (χ1n) is 13.1. The molecule has 1 aromatic rings. The van der Waals surface area contributed by atoms with E-state index in [1.807, 2.05) is 6.92 Å². The zero-order valence-corrected chi connectivity index (χ0v) is 24.9. The van der Waals surface area contributed by atoms with Gasteiger partial charge in [-0.1, -0.05) is 32.9 Å². The van der Waals surface area contributed by atoms with Gasteiger partial charge in [-0.3, -0.25) is 4.79 Å². The van der Waals surface area contributed by atoms with Crippen LogP contribution in [0.5, 0.6) is 0 Å². The van der Waals surface area contributed by atoms with Crippen molar-refractivity contribution >= 4 is 24.0 Å². The third kappa shape index (κ3) is 16.1. The second-order valence-corrected chi connectivity index (χ2v) is 8.29. The van der Waals surface area contributed by atoms with Crippen molar-refractivity contribution in [1.29, 1.82) is 0 Å². The van der Waals surface area contributed by atoms with E-state index in [9.17, 15) is 27.6 Å². The molecule has 10 nitrogen and oxygen atoms in total. The van der Waals surface area contributed by atoms with Crippen LogP contribution in [0.2, 0.25) is 0 Å². The van der Waals surface area contributed by atoms with Crippen molar-refractivity contribution in [3.05, 3.63) is 60.7 Å². The molecule has 1 saturated heterocycles. The monoisotopic (exact) mass is 586 g/mol. The Morgan fingerprint density at radius 1 is 1.29 bits per heavy atom. The van der Waals surface area contributed by atoms with Crippen LogP contribution < -0.4 is 21.3 Å².